The van der Waals surface area contributed by atoms with Gasteiger partial charge in [0.05, 0.1) is 24.8 Å². The van der Waals surface area contributed by atoms with Gasteiger partial charge in [-0.1, -0.05) is 42.5 Å². The Morgan fingerprint density at radius 3 is 2.17 bits per heavy atom. The molecule has 2 amide bonds. The molecule has 0 spiro atoms. The molecule has 0 saturated carbocycles. The summed E-state index contributed by atoms with van der Waals surface area (Å²) in [6.45, 7) is -0.238. The summed E-state index contributed by atoms with van der Waals surface area (Å²) in [6.07, 6.45) is 1.51. The van der Waals surface area contributed by atoms with Gasteiger partial charge in [-0.2, -0.15) is 0 Å². The molecule has 0 aliphatic rings. The van der Waals surface area contributed by atoms with E-state index in [0.717, 1.165) is 17.7 Å². The van der Waals surface area contributed by atoms with Gasteiger partial charge in [0.15, 0.2) is 6.61 Å². The van der Waals surface area contributed by atoms with Gasteiger partial charge >= 0.3 is 0 Å². The van der Waals surface area contributed by atoms with Gasteiger partial charge in [-0.25, -0.2) is 12.8 Å². The number of furan rings is 1. The van der Waals surface area contributed by atoms with E-state index in [2.05, 4.69) is 10.0 Å². The SMILES string of the molecule is COc1ccc(CN(C(=O)COc2ccc(S(=O)(=O)Nc3ccc(F)cc3)cc2)[C@H](C(=O)NCc2ccco2)c2ccccc2)cc1. The highest BCUT2D eigenvalue weighted by molar-refractivity contribution is 7.92. The summed E-state index contributed by atoms with van der Waals surface area (Å²) >= 11 is 0. The minimum atomic E-state index is -3.96. The number of nitrogens with one attached hydrogen (secondary N) is 2. The zero-order chi connectivity index (χ0) is 33.2. The highest BCUT2D eigenvalue weighted by atomic mass is 32.2. The van der Waals surface area contributed by atoms with Crippen LogP contribution in [0, 0.1) is 5.82 Å². The molecule has 5 rings (SSSR count). The van der Waals surface area contributed by atoms with E-state index in [0.29, 0.717) is 17.1 Å². The molecule has 0 radical (unpaired) electrons. The standard InChI is InChI=1S/C35H32FN3O7S/c1-44-29-15-9-25(10-16-29)23-39(34(26-6-3-2-4-7-26)35(41)37-22-31-8-5-21-45-31)33(40)24-46-30-17-19-32(20-18-30)47(42,43)38-28-13-11-27(36)12-14-28/h2-21,34,38H,22-24H2,1H3,(H,37,41)/t34-/m0/s1. The van der Waals surface area contributed by atoms with Gasteiger partial charge in [0.2, 0.25) is 5.91 Å². The molecule has 0 aliphatic carbocycles. The van der Waals surface area contributed by atoms with E-state index in [9.17, 15) is 22.4 Å². The number of carbonyl (C=O) groups excluding carboxylic acids is 2. The van der Waals surface area contributed by atoms with Crippen molar-refractivity contribution in [1.82, 2.24) is 10.2 Å². The second-order valence-corrected chi connectivity index (χ2v) is 12.0. The number of nitrogens with zero attached hydrogens (tertiary/aromatic N) is 1. The number of rotatable bonds is 14. The molecule has 1 atom stereocenters. The Morgan fingerprint density at radius 1 is 0.851 bits per heavy atom. The number of amides is 2. The fraction of sp³-hybridized carbons (Fsp3) is 0.143. The average Bonchev–Trinajstić information content (AvgIpc) is 3.62. The van der Waals surface area contributed by atoms with Crippen LogP contribution in [0.5, 0.6) is 11.5 Å². The zero-order valence-corrected chi connectivity index (χ0v) is 26.2. The molecule has 2 N–H and O–H groups in total. The maximum absolute atomic E-state index is 13.9. The van der Waals surface area contributed by atoms with Crippen LogP contribution in [0.2, 0.25) is 0 Å². The summed E-state index contributed by atoms with van der Waals surface area (Å²) in [6, 6.07) is 28.9. The van der Waals surface area contributed by atoms with Crippen LogP contribution >= 0.6 is 0 Å². The molecule has 0 fully saturated rings. The Hall–Kier alpha value is -5.62. The van der Waals surface area contributed by atoms with Crippen molar-refractivity contribution in [2.45, 2.75) is 24.0 Å². The highest BCUT2D eigenvalue weighted by Gasteiger charge is 2.32. The number of sulfonamides is 1. The summed E-state index contributed by atoms with van der Waals surface area (Å²) in [4.78, 5) is 29.0. The van der Waals surface area contributed by atoms with Crippen LogP contribution < -0.4 is 19.5 Å². The Balaban J connectivity index is 1.35. The lowest BCUT2D eigenvalue weighted by molar-refractivity contribution is -0.143. The summed E-state index contributed by atoms with van der Waals surface area (Å²) in [5.41, 5.74) is 1.55. The minimum absolute atomic E-state index is 0.0565. The molecule has 12 heteroatoms. The molecule has 0 aliphatic heterocycles. The van der Waals surface area contributed by atoms with Crippen molar-refractivity contribution in [2.75, 3.05) is 18.4 Å². The summed E-state index contributed by atoms with van der Waals surface area (Å²) < 4.78 is 57.6. The predicted octanol–water partition coefficient (Wildman–Crippen LogP) is 5.69. The van der Waals surface area contributed by atoms with E-state index in [1.54, 1.807) is 55.6 Å². The molecule has 5 aromatic rings. The lowest BCUT2D eigenvalue weighted by atomic mass is 10.0. The summed E-state index contributed by atoms with van der Waals surface area (Å²) in [5.74, 6) is 0.0391. The molecule has 10 nitrogen and oxygen atoms in total. The number of anilines is 1. The van der Waals surface area contributed by atoms with Gasteiger partial charge in [-0.05, 0) is 83.9 Å². The van der Waals surface area contributed by atoms with E-state index >= 15 is 0 Å². The zero-order valence-electron chi connectivity index (χ0n) is 25.3. The van der Waals surface area contributed by atoms with Crippen molar-refractivity contribution < 1.29 is 36.3 Å². The third kappa shape index (κ3) is 8.76. The molecule has 242 valence electrons. The average molecular weight is 658 g/mol. The summed E-state index contributed by atoms with van der Waals surface area (Å²) in [5, 5.41) is 2.87. The van der Waals surface area contributed by atoms with Crippen molar-refractivity contribution in [1.29, 1.82) is 0 Å². The van der Waals surface area contributed by atoms with Gasteiger partial charge in [0, 0.05) is 12.2 Å². The normalized spacial score (nSPS) is 11.7. The Labute approximate surface area is 271 Å². The Kier molecular flexibility index (Phi) is 10.5. The topological polar surface area (TPSA) is 127 Å². The first-order valence-electron chi connectivity index (χ1n) is 14.5. The number of methoxy groups -OCH3 is 1. The van der Waals surface area contributed by atoms with Crippen LogP contribution in [-0.4, -0.2) is 38.8 Å². The second-order valence-electron chi connectivity index (χ2n) is 10.4. The lowest BCUT2D eigenvalue weighted by Crippen LogP contribution is -2.45. The number of benzene rings is 4. The largest absolute Gasteiger partial charge is 0.497 e. The molecular formula is C35H32FN3O7S. The fourth-order valence-electron chi connectivity index (χ4n) is 4.72. The van der Waals surface area contributed by atoms with Crippen molar-refractivity contribution >= 4 is 27.5 Å². The molecular weight excluding hydrogens is 625 g/mol. The smallest absolute Gasteiger partial charge is 0.261 e. The highest BCUT2D eigenvalue weighted by Crippen LogP contribution is 2.26. The van der Waals surface area contributed by atoms with E-state index in [4.69, 9.17) is 13.9 Å². The second kappa shape index (κ2) is 15.1. The quantitative estimate of drug-likeness (QED) is 0.157. The van der Waals surface area contributed by atoms with Gasteiger partial charge in [0.25, 0.3) is 15.9 Å². The molecule has 0 bridgehead atoms. The van der Waals surface area contributed by atoms with Crippen molar-refractivity contribution in [2.24, 2.45) is 0 Å². The lowest BCUT2D eigenvalue weighted by Gasteiger charge is -2.31. The number of carbonyl (C=O) groups is 2. The van der Waals surface area contributed by atoms with E-state index in [1.807, 2.05) is 18.2 Å². The molecule has 47 heavy (non-hydrogen) atoms. The first-order valence-corrected chi connectivity index (χ1v) is 16.0. The van der Waals surface area contributed by atoms with Crippen LogP contribution in [0.1, 0.15) is 22.9 Å². The predicted molar refractivity (Wildman–Crippen MR) is 172 cm³/mol. The van der Waals surface area contributed by atoms with Gasteiger partial charge in [-0.15, -0.1) is 0 Å². The maximum atomic E-state index is 13.9. The van der Waals surface area contributed by atoms with Gasteiger partial charge in [0.1, 0.15) is 29.1 Å². The third-order valence-electron chi connectivity index (χ3n) is 7.12. The molecule has 1 heterocycles. The monoisotopic (exact) mass is 657 g/mol. The van der Waals surface area contributed by atoms with Gasteiger partial charge in [-0.3, -0.25) is 14.3 Å². The number of ether oxygens (including phenoxy) is 2. The first kappa shape index (κ1) is 32.8. The number of hydrogen-bond donors (Lipinski definition) is 2. The van der Waals surface area contributed by atoms with Crippen LogP contribution in [0.25, 0.3) is 0 Å². The molecule has 4 aromatic carbocycles. The first-order chi connectivity index (χ1) is 22.7. The van der Waals surface area contributed by atoms with E-state index < -0.39 is 40.3 Å². The van der Waals surface area contributed by atoms with Gasteiger partial charge < -0.3 is 24.1 Å². The number of hydrogen-bond acceptors (Lipinski definition) is 7. The van der Waals surface area contributed by atoms with Crippen molar-refractivity contribution in [3.8, 4) is 11.5 Å². The van der Waals surface area contributed by atoms with Crippen molar-refractivity contribution in [3.63, 3.8) is 0 Å². The molecule has 1 aromatic heterocycles. The summed E-state index contributed by atoms with van der Waals surface area (Å²) in [7, 11) is -2.41. The van der Waals surface area contributed by atoms with Crippen LogP contribution in [0.4, 0.5) is 10.1 Å². The molecule has 0 saturated heterocycles. The molecule has 0 unspecified atom stereocenters. The number of halogens is 1. The Bertz CT molecular complexity index is 1870. The van der Waals surface area contributed by atoms with E-state index in [-0.39, 0.29) is 29.4 Å². The van der Waals surface area contributed by atoms with Crippen LogP contribution in [-0.2, 0) is 32.7 Å². The third-order valence-corrected chi connectivity index (χ3v) is 8.51. The van der Waals surface area contributed by atoms with Crippen LogP contribution in [0.15, 0.2) is 131 Å². The minimum Gasteiger partial charge on any atom is -0.497 e. The maximum Gasteiger partial charge on any atom is 0.261 e. The Morgan fingerprint density at radius 2 is 1.53 bits per heavy atom. The van der Waals surface area contributed by atoms with Crippen LogP contribution in [0.3, 0.4) is 0 Å². The van der Waals surface area contributed by atoms with E-state index in [1.165, 1.54) is 47.6 Å². The van der Waals surface area contributed by atoms with Crippen molar-refractivity contribution in [3.05, 3.63) is 144 Å². The fourth-order valence-corrected chi connectivity index (χ4v) is 5.78.